The Labute approximate surface area is 110 Å². The molecule has 2 rings (SSSR count). The summed E-state index contributed by atoms with van der Waals surface area (Å²) in [5.41, 5.74) is 0. The Kier molecular flexibility index (Phi) is 4.48. The first-order valence-corrected chi connectivity index (χ1v) is 7.83. The summed E-state index contributed by atoms with van der Waals surface area (Å²) in [6.45, 7) is 0.794. The first kappa shape index (κ1) is 13.9. The number of rotatable bonds is 5. The molecule has 1 aliphatic rings. The fraction of sp³-hybridized carbons (Fsp3) is 0.700. The highest BCUT2D eigenvalue weighted by Crippen LogP contribution is 2.04. The third kappa shape index (κ3) is 4.60. The average molecular weight is 288 g/mol. The second-order valence-electron chi connectivity index (χ2n) is 4.40. The minimum absolute atomic E-state index is 0.0179. The van der Waals surface area contributed by atoms with Crippen LogP contribution in [0.2, 0.25) is 0 Å². The van der Waals surface area contributed by atoms with Gasteiger partial charge in [0.2, 0.25) is 11.8 Å². The molecule has 0 aliphatic carbocycles. The van der Waals surface area contributed by atoms with Gasteiger partial charge in [-0.25, -0.2) is 8.42 Å². The van der Waals surface area contributed by atoms with E-state index in [-0.39, 0.29) is 29.9 Å². The van der Waals surface area contributed by atoms with Crippen LogP contribution in [0.3, 0.4) is 0 Å². The van der Waals surface area contributed by atoms with E-state index < -0.39 is 9.84 Å². The minimum atomic E-state index is -3.01. The minimum Gasteiger partial charge on any atom is -0.356 e. The quantitative estimate of drug-likeness (QED) is 0.678. The third-order valence-electron chi connectivity index (χ3n) is 2.80. The first-order chi connectivity index (χ1) is 9.05. The smallest absolute Gasteiger partial charge is 0.228 e. The van der Waals surface area contributed by atoms with E-state index >= 15 is 0 Å². The molecule has 1 aromatic rings. The van der Waals surface area contributed by atoms with Gasteiger partial charge < -0.3 is 15.2 Å². The van der Waals surface area contributed by atoms with Crippen LogP contribution in [-0.2, 0) is 21.1 Å². The van der Waals surface area contributed by atoms with Crippen LogP contribution in [-0.4, -0.2) is 55.1 Å². The number of carbonyl (C=O) groups excluding carboxylic acids is 1. The van der Waals surface area contributed by atoms with Gasteiger partial charge >= 0.3 is 0 Å². The molecule has 2 N–H and O–H groups in total. The van der Waals surface area contributed by atoms with Crippen LogP contribution >= 0.6 is 0 Å². The predicted octanol–water partition coefficient (Wildman–Crippen LogP) is -1.49. The highest BCUT2D eigenvalue weighted by Gasteiger charge is 2.25. The molecule has 0 bridgehead atoms. The molecule has 1 unspecified atom stereocenters. The zero-order valence-corrected chi connectivity index (χ0v) is 11.1. The largest absolute Gasteiger partial charge is 0.356 e. The zero-order valence-electron chi connectivity index (χ0n) is 10.3. The molecule has 106 valence electrons. The van der Waals surface area contributed by atoms with Crippen LogP contribution in [0.15, 0.2) is 10.9 Å². The predicted molar refractivity (Wildman–Crippen MR) is 66.1 cm³/mol. The molecule has 1 saturated heterocycles. The lowest BCUT2D eigenvalue weighted by Crippen LogP contribution is -2.47. The number of nitrogens with zero attached hydrogens (tertiary/aromatic N) is 2. The van der Waals surface area contributed by atoms with Gasteiger partial charge in [0.05, 0.1) is 11.5 Å². The molecule has 0 aromatic carbocycles. The van der Waals surface area contributed by atoms with Gasteiger partial charge in [-0.3, -0.25) is 4.79 Å². The number of carbonyl (C=O) groups is 1. The summed E-state index contributed by atoms with van der Waals surface area (Å²) in [6.07, 6.45) is 1.92. The van der Waals surface area contributed by atoms with Crippen molar-refractivity contribution < 1.29 is 17.7 Å². The standard InChI is InChI=1S/C10H16N4O4S/c15-9(12-2-1-10-13-7-14-18-10)5-8-6-19(16,17)4-3-11-8/h7-8,11H,1-6H2,(H,12,15). The summed E-state index contributed by atoms with van der Waals surface area (Å²) in [7, 11) is -3.01. The molecule has 2 heterocycles. The Hall–Kier alpha value is -1.48. The fourth-order valence-corrected chi connectivity index (χ4v) is 3.35. The number of nitrogens with one attached hydrogen (secondary N) is 2. The van der Waals surface area contributed by atoms with Crippen molar-refractivity contribution in [3.63, 3.8) is 0 Å². The maximum atomic E-state index is 11.6. The summed E-state index contributed by atoms with van der Waals surface area (Å²) >= 11 is 0. The van der Waals surface area contributed by atoms with Gasteiger partial charge in [-0.2, -0.15) is 4.98 Å². The highest BCUT2D eigenvalue weighted by molar-refractivity contribution is 7.91. The van der Waals surface area contributed by atoms with E-state index in [1.807, 2.05) is 0 Å². The van der Waals surface area contributed by atoms with Crippen LogP contribution < -0.4 is 10.6 Å². The summed E-state index contributed by atoms with van der Waals surface area (Å²) in [5.74, 6) is 0.430. The Bertz CT molecular complexity index is 514. The van der Waals surface area contributed by atoms with Gasteiger partial charge in [-0.1, -0.05) is 5.16 Å². The van der Waals surface area contributed by atoms with Crippen molar-refractivity contribution in [3.05, 3.63) is 12.2 Å². The van der Waals surface area contributed by atoms with Crippen molar-refractivity contribution in [2.75, 3.05) is 24.6 Å². The lowest BCUT2D eigenvalue weighted by atomic mass is 10.2. The first-order valence-electron chi connectivity index (χ1n) is 6.01. The molecular formula is C10H16N4O4S. The lowest BCUT2D eigenvalue weighted by molar-refractivity contribution is -0.121. The van der Waals surface area contributed by atoms with E-state index in [4.69, 9.17) is 4.52 Å². The number of aromatic nitrogens is 2. The van der Waals surface area contributed by atoms with Crippen molar-refractivity contribution in [3.8, 4) is 0 Å². The molecule has 1 aromatic heterocycles. The fourth-order valence-electron chi connectivity index (χ4n) is 1.91. The number of hydrogen-bond acceptors (Lipinski definition) is 7. The molecule has 0 radical (unpaired) electrons. The molecule has 0 saturated carbocycles. The molecule has 1 fully saturated rings. The Morgan fingerprint density at radius 3 is 3.11 bits per heavy atom. The van der Waals surface area contributed by atoms with E-state index in [0.717, 1.165) is 0 Å². The topological polar surface area (TPSA) is 114 Å². The van der Waals surface area contributed by atoms with E-state index in [9.17, 15) is 13.2 Å². The monoisotopic (exact) mass is 288 g/mol. The van der Waals surface area contributed by atoms with Crippen LogP contribution in [0.5, 0.6) is 0 Å². The maximum absolute atomic E-state index is 11.6. The van der Waals surface area contributed by atoms with Crippen LogP contribution in [0, 0.1) is 0 Å². The van der Waals surface area contributed by atoms with Crippen molar-refractivity contribution in [1.29, 1.82) is 0 Å². The number of sulfone groups is 1. The molecule has 1 atom stereocenters. The molecule has 9 heteroatoms. The maximum Gasteiger partial charge on any atom is 0.228 e. The SMILES string of the molecule is O=C(CC1CS(=O)(=O)CCN1)NCCc1ncno1. The van der Waals surface area contributed by atoms with Gasteiger partial charge in [-0.05, 0) is 0 Å². The number of amides is 1. The second-order valence-corrected chi connectivity index (χ2v) is 6.63. The van der Waals surface area contributed by atoms with Gasteiger partial charge in [-0.15, -0.1) is 0 Å². The van der Waals surface area contributed by atoms with Crippen molar-refractivity contribution in [2.45, 2.75) is 18.9 Å². The van der Waals surface area contributed by atoms with E-state index in [2.05, 4.69) is 20.8 Å². The third-order valence-corrected chi connectivity index (χ3v) is 4.54. The lowest BCUT2D eigenvalue weighted by Gasteiger charge is -2.23. The van der Waals surface area contributed by atoms with Gasteiger partial charge in [0.15, 0.2) is 16.2 Å². The van der Waals surface area contributed by atoms with Crippen LogP contribution in [0.1, 0.15) is 12.3 Å². The van der Waals surface area contributed by atoms with Crippen LogP contribution in [0.4, 0.5) is 0 Å². The van der Waals surface area contributed by atoms with Crippen molar-refractivity contribution >= 4 is 15.7 Å². The normalized spacial score (nSPS) is 22.0. The van der Waals surface area contributed by atoms with Gasteiger partial charge in [0, 0.05) is 32.0 Å². The molecular weight excluding hydrogens is 272 g/mol. The summed E-state index contributed by atoms with van der Waals surface area (Å²) in [6, 6.07) is -0.304. The van der Waals surface area contributed by atoms with Gasteiger partial charge in [0.1, 0.15) is 0 Å². The summed E-state index contributed by atoms with van der Waals surface area (Å²) in [4.78, 5) is 15.5. The second kappa shape index (κ2) is 6.11. The summed E-state index contributed by atoms with van der Waals surface area (Å²) in [5, 5.41) is 9.18. The highest BCUT2D eigenvalue weighted by atomic mass is 32.2. The van der Waals surface area contributed by atoms with Crippen molar-refractivity contribution in [1.82, 2.24) is 20.8 Å². The molecule has 0 spiro atoms. The van der Waals surface area contributed by atoms with Crippen molar-refractivity contribution in [2.24, 2.45) is 0 Å². The van der Waals surface area contributed by atoms with Crippen LogP contribution in [0.25, 0.3) is 0 Å². The van der Waals surface area contributed by atoms with E-state index in [0.29, 0.717) is 25.4 Å². The molecule has 1 amide bonds. The summed E-state index contributed by atoms with van der Waals surface area (Å²) < 4.78 is 27.6. The molecule has 1 aliphatic heterocycles. The Morgan fingerprint density at radius 2 is 2.42 bits per heavy atom. The Balaban J connectivity index is 1.69. The molecule has 8 nitrogen and oxygen atoms in total. The van der Waals surface area contributed by atoms with E-state index in [1.54, 1.807) is 0 Å². The van der Waals surface area contributed by atoms with Gasteiger partial charge in [0.25, 0.3) is 0 Å². The van der Waals surface area contributed by atoms with E-state index in [1.165, 1.54) is 6.33 Å². The molecule has 19 heavy (non-hydrogen) atoms. The zero-order chi connectivity index (χ0) is 13.7. The Morgan fingerprint density at radius 1 is 1.58 bits per heavy atom. The average Bonchev–Trinajstić information content (AvgIpc) is 2.80. The number of hydrogen-bond donors (Lipinski definition) is 2.